The monoisotopic (exact) mass is 260 g/mol. The number of hydrogen-bond acceptors (Lipinski definition) is 4. The van der Waals surface area contributed by atoms with Gasteiger partial charge < -0.3 is 4.74 Å². The molecule has 2 rings (SSSR count). The molecule has 5 heteroatoms. The molecule has 0 aliphatic carbocycles. The van der Waals surface area contributed by atoms with E-state index >= 15 is 0 Å². The smallest absolute Gasteiger partial charge is 0.417 e. The molecular formula is C14H16N2O3. The highest BCUT2D eigenvalue weighted by Gasteiger charge is 2.38. The van der Waals surface area contributed by atoms with E-state index in [9.17, 15) is 9.59 Å². The van der Waals surface area contributed by atoms with Gasteiger partial charge in [0.25, 0.3) is 5.91 Å². The third-order valence-corrected chi connectivity index (χ3v) is 3.02. The molecule has 0 saturated carbocycles. The zero-order valence-electron chi connectivity index (χ0n) is 10.9. The third-order valence-electron chi connectivity index (χ3n) is 3.02. The van der Waals surface area contributed by atoms with Crippen LogP contribution in [0.3, 0.4) is 0 Å². The van der Waals surface area contributed by atoms with Gasteiger partial charge in [0.2, 0.25) is 0 Å². The van der Waals surface area contributed by atoms with E-state index in [1.165, 1.54) is 11.0 Å². The van der Waals surface area contributed by atoms with E-state index in [-0.39, 0.29) is 24.5 Å². The Hall–Kier alpha value is -2.17. The fourth-order valence-corrected chi connectivity index (χ4v) is 1.90. The Kier molecular flexibility index (Phi) is 3.94. The molecule has 0 aromatic carbocycles. The molecule has 1 fully saturated rings. The van der Waals surface area contributed by atoms with E-state index in [0.29, 0.717) is 0 Å². The number of rotatable bonds is 3. The molecule has 1 aromatic heterocycles. The molecule has 0 spiro atoms. The summed E-state index contributed by atoms with van der Waals surface area (Å²) in [5.74, 6) is -0.188. The molecule has 1 aliphatic rings. The van der Waals surface area contributed by atoms with E-state index in [4.69, 9.17) is 4.74 Å². The summed E-state index contributed by atoms with van der Waals surface area (Å²) in [5.41, 5.74) is 0.810. The van der Waals surface area contributed by atoms with Crippen molar-refractivity contribution < 1.29 is 14.3 Å². The Morgan fingerprint density at radius 3 is 3.00 bits per heavy atom. The van der Waals surface area contributed by atoms with E-state index in [1.807, 2.05) is 19.9 Å². The van der Waals surface area contributed by atoms with Gasteiger partial charge in [-0.3, -0.25) is 9.78 Å². The summed E-state index contributed by atoms with van der Waals surface area (Å²) < 4.78 is 4.93. The number of carbonyl (C=O) groups excluding carboxylic acids is 2. The molecule has 5 nitrogen and oxygen atoms in total. The molecule has 1 saturated heterocycles. The molecule has 100 valence electrons. The summed E-state index contributed by atoms with van der Waals surface area (Å²) in [6.07, 6.45) is 5.74. The minimum absolute atomic E-state index is 0.169. The van der Waals surface area contributed by atoms with Crippen molar-refractivity contribution in [1.29, 1.82) is 0 Å². The Labute approximate surface area is 111 Å². The average Bonchev–Trinajstić information content (AvgIpc) is 2.79. The average molecular weight is 260 g/mol. The number of ether oxygens (including phenoxy) is 1. The normalized spacial score (nSPS) is 19.2. The van der Waals surface area contributed by atoms with Gasteiger partial charge in [-0.15, -0.1) is 0 Å². The maximum atomic E-state index is 12.1. The summed E-state index contributed by atoms with van der Waals surface area (Å²) in [5, 5.41) is 0. The maximum Gasteiger partial charge on any atom is 0.417 e. The highest BCUT2D eigenvalue weighted by molar-refractivity contribution is 6.01. The third kappa shape index (κ3) is 2.99. The second-order valence-corrected chi connectivity index (χ2v) is 4.72. The molecule has 1 atom stereocenters. The predicted octanol–water partition coefficient (Wildman–Crippen LogP) is 2.10. The van der Waals surface area contributed by atoms with Crippen LogP contribution in [0.4, 0.5) is 4.79 Å². The van der Waals surface area contributed by atoms with E-state index < -0.39 is 6.09 Å². The molecule has 19 heavy (non-hydrogen) atoms. The summed E-state index contributed by atoms with van der Waals surface area (Å²) >= 11 is 0. The topological polar surface area (TPSA) is 59.5 Å². The van der Waals surface area contributed by atoms with Crippen molar-refractivity contribution in [3.8, 4) is 0 Å². The standard InChI is InChI=1S/C14H16N2O3/c1-10(2)12-9-19-14(18)16(12)13(17)6-5-11-4-3-7-15-8-11/h3-8,10,12H,9H2,1-2H3/t12-/m1/s1. The maximum absolute atomic E-state index is 12.1. The van der Waals surface area contributed by atoms with Gasteiger partial charge in [-0.05, 0) is 23.6 Å². The second-order valence-electron chi connectivity index (χ2n) is 4.72. The zero-order valence-corrected chi connectivity index (χ0v) is 10.9. The van der Waals surface area contributed by atoms with Crippen LogP contribution < -0.4 is 0 Å². The first-order valence-electron chi connectivity index (χ1n) is 6.17. The lowest BCUT2D eigenvalue weighted by Gasteiger charge is -2.20. The van der Waals surface area contributed by atoms with Crippen LogP contribution in [0.1, 0.15) is 19.4 Å². The van der Waals surface area contributed by atoms with Crippen molar-refractivity contribution in [1.82, 2.24) is 9.88 Å². The molecule has 1 aromatic rings. The minimum Gasteiger partial charge on any atom is -0.447 e. The van der Waals surface area contributed by atoms with Crippen LogP contribution in [0.15, 0.2) is 30.6 Å². The van der Waals surface area contributed by atoms with Crippen LogP contribution >= 0.6 is 0 Å². The Bertz CT molecular complexity index is 497. The van der Waals surface area contributed by atoms with Crippen LogP contribution in [-0.2, 0) is 9.53 Å². The first kappa shape index (κ1) is 13.3. The second kappa shape index (κ2) is 5.65. The quantitative estimate of drug-likeness (QED) is 0.781. The van der Waals surface area contributed by atoms with Gasteiger partial charge in [0.15, 0.2) is 0 Å². The van der Waals surface area contributed by atoms with Gasteiger partial charge in [0.05, 0.1) is 6.04 Å². The summed E-state index contributed by atoms with van der Waals surface area (Å²) in [6.45, 7) is 4.18. The van der Waals surface area contributed by atoms with Crippen molar-refractivity contribution in [2.24, 2.45) is 5.92 Å². The number of imide groups is 1. The fraction of sp³-hybridized carbons (Fsp3) is 0.357. The largest absolute Gasteiger partial charge is 0.447 e. The SMILES string of the molecule is CC(C)[C@H]1COC(=O)N1C(=O)C=Cc1cccnc1. The first-order valence-corrected chi connectivity index (χ1v) is 6.17. The first-order chi connectivity index (χ1) is 9.09. The van der Waals surface area contributed by atoms with E-state index in [0.717, 1.165) is 5.56 Å². The Balaban J connectivity index is 2.11. The molecule has 1 aliphatic heterocycles. The summed E-state index contributed by atoms with van der Waals surface area (Å²) in [4.78, 5) is 28.8. The fourth-order valence-electron chi connectivity index (χ4n) is 1.90. The van der Waals surface area contributed by atoms with Gasteiger partial charge >= 0.3 is 6.09 Å². The predicted molar refractivity (Wildman–Crippen MR) is 70.1 cm³/mol. The van der Waals surface area contributed by atoms with Crippen LogP contribution in [0.25, 0.3) is 6.08 Å². The van der Waals surface area contributed by atoms with Crippen molar-refractivity contribution in [3.05, 3.63) is 36.2 Å². The number of hydrogen-bond donors (Lipinski definition) is 0. The van der Waals surface area contributed by atoms with Gasteiger partial charge in [-0.1, -0.05) is 19.9 Å². The van der Waals surface area contributed by atoms with Crippen LogP contribution in [0.5, 0.6) is 0 Å². The van der Waals surface area contributed by atoms with Crippen molar-refractivity contribution >= 4 is 18.1 Å². The summed E-state index contributed by atoms with van der Waals surface area (Å²) in [6, 6.07) is 3.42. The molecule has 2 amide bonds. The Morgan fingerprint density at radius 1 is 1.58 bits per heavy atom. The molecular weight excluding hydrogens is 244 g/mol. The number of aromatic nitrogens is 1. The van der Waals surface area contributed by atoms with E-state index in [2.05, 4.69) is 4.98 Å². The number of pyridine rings is 1. The van der Waals surface area contributed by atoms with Gasteiger partial charge in [-0.25, -0.2) is 9.69 Å². The lowest BCUT2D eigenvalue weighted by atomic mass is 10.0. The van der Waals surface area contributed by atoms with Gasteiger partial charge in [-0.2, -0.15) is 0 Å². The molecule has 0 bridgehead atoms. The number of carbonyl (C=O) groups is 2. The van der Waals surface area contributed by atoms with Crippen LogP contribution in [0.2, 0.25) is 0 Å². The molecule has 0 radical (unpaired) electrons. The molecule has 0 N–H and O–H groups in total. The van der Waals surface area contributed by atoms with Crippen molar-refractivity contribution in [2.75, 3.05) is 6.61 Å². The zero-order chi connectivity index (χ0) is 13.8. The van der Waals surface area contributed by atoms with E-state index in [1.54, 1.807) is 24.5 Å². The lowest BCUT2D eigenvalue weighted by Crippen LogP contribution is -2.40. The highest BCUT2D eigenvalue weighted by atomic mass is 16.6. The van der Waals surface area contributed by atoms with Crippen LogP contribution in [0, 0.1) is 5.92 Å². The van der Waals surface area contributed by atoms with Gasteiger partial charge in [0.1, 0.15) is 6.61 Å². The van der Waals surface area contributed by atoms with Crippen LogP contribution in [-0.4, -0.2) is 34.5 Å². The highest BCUT2D eigenvalue weighted by Crippen LogP contribution is 2.20. The number of amides is 2. The minimum atomic E-state index is -0.570. The number of cyclic esters (lactones) is 1. The Morgan fingerprint density at radius 2 is 2.37 bits per heavy atom. The van der Waals surface area contributed by atoms with Crippen molar-refractivity contribution in [2.45, 2.75) is 19.9 Å². The van der Waals surface area contributed by atoms with Gasteiger partial charge in [0, 0.05) is 18.5 Å². The molecule has 0 unspecified atom stereocenters. The summed E-state index contributed by atoms with van der Waals surface area (Å²) in [7, 11) is 0. The number of nitrogens with zero attached hydrogens (tertiary/aromatic N) is 2. The lowest BCUT2D eigenvalue weighted by molar-refractivity contribution is -0.124. The van der Waals surface area contributed by atoms with Crippen molar-refractivity contribution in [3.63, 3.8) is 0 Å². The molecule has 2 heterocycles.